The molecule has 4 atom stereocenters. The summed E-state index contributed by atoms with van der Waals surface area (Å²) < 4.78 is 0. The molecule has 90 valence electrons. The second kappa shape index (κ2) is 4.52. The van der Waals surface area contributed by atoms with Crippen LogP contribution in [0, 0.1) is 23.7 Å². The highest BCUT2D eigenvalue weighted by molar-refractivity contribution is 5.11. The Morgan fingerprint density at radius 2 is 2.12 bits per heavy atom. The molecule has 2 fully saturated rings. The van der Waals surface area contributed by atoms with Crippen LogP contribution in [0.1, 0.15) is 45.4 Å². The Kier molecular flexibility index (Phi) is 3.06. The molecule has 2 saturated carbocycles. The zero-order valence-corrected chi connectivity index (χ0v) is 10.5. The number of nitrogens with one attached hydrogen (secondary N) is 1. The number of hydrogen-bond donors (Lipinski definition) is 1. The van der Waals surface area contributed by atoms with Gasteiger partial charge in [-0.25, -0.2) is 0 Å². The van der Waals surface area contributed by atoms with Gasteiger partial charge in [0, 0.05) is 6.04 Å². The van der Waals surface area contributed by atoms with Crippen molar-refractivity contribution in [2.24, 2.45) is 23.7 Å². The molecule has 0 radical (unpaired) electrons. The quantitative estimate of drug-likeness (QED) is 0.533. The van der Waals surface area contributed by atoms with Crippen molar-refractivity contribution < 1.29 is 0 Å². The van der Waals surface area contributed by atoms with Crippen LogP contribution in [0.2, 0.25) is 0 Å². The second-order valence-corrected chi connectivity index (χ2v) is 6.27. The maximum atomic E-state index is 3.76. The van der Waals surface area contributed by atoms with E-state index >= 15 is 0 Å². The molecule has 0 spiro atoms. The van der Waals surface area contributed by atoms with Crippen molar-refractivity contribution >= 4 is 0 Å². The van der Waals surface area contributed by atoms with Crippen molar-refractivity contribution in [3.8, 4) is 0 Å². The molecule has 1 nitrogen and oxygen atoms in total. The molecule has 16 heavy (non-hydrogen) atoms. The van der Waals surface area contributed by atoms with E-state index in [-0.39, 0.29) is 0 Å². The lowest BCUT2D eigenvalue weighted by Gasteiger charge is -2.26. The molecule has 0 aromatic rings. The summed E-state index contributed by atoms with van der Waals surface area (Å²) in [6.45, 7) is 3.64. The summed E-state index contributed by atoms with van der Waals surface area (Å²) in [6.07, 6.45) is 13.7. The van der Waals surface area contributed by atoms with Gasteiger partial charge in [-0.1, -0.05) is 25.0 Å². The van der Waals surface area contributed by atoms with E-state index in [1.807, 2.05) is 0 Å². The Balaban J connectivity index is 1.36. The molecule has 0 aromatic carbocycles. The van der Waals surface area contributed by atoms with Crippen LogP contribution in [-0.2, 0) is 0 Å². The fraction of sp³-hybridized carbons (Fsp3) is 0.867. The highest BCUT2D eigenvalue weighted by Gasteiger charge is 2.38. The van der Waals surface area contributed by atoms with Gasteiger partial charge in [-0.15, -0.1) is 0 Å². The molecule has 0 aromatic heterocycles. The molecule has 0 aliphatic heterocycles. The largest absolute Gasteiger partial charge is 0.314 e. The van der Waals surface area contributed by atoms with Crippen LogP contribution in [0.15, 0.2) is 12.2 Å². The first-order valence-corrected chi connectivity index (χ1v) is 7.24. The van der Waals surface area contributed by atoms with Crippen LogP contribution in [-0.4, -0.2) is 12.6 Å². The third-order valence-electron chi connectivity index (χ3n) is 4.92. The normalized spacial score (nSPS) is 38.2. The van der Waals surface area contributed by atoms with Gasteiger partial charge in [0.2, 0.25) is 0 Å². The van der Waals surface area contributed by atoms with Crippen molar-refractivity contribution in [2.75, 3.05) is 6.54 Å². The van der Waals surface area contributed by atoms with E-state index in [0.29, 0.717) is 0 Å². The lowest BCUT2D eigenvalue weighted by Crippen LogP contribution is -2.36. The Bertz CT molecular complexity index is 267. The summed E-state index contributed by atoms with van der Waals surface area (Å²) >= 11 is 0. The summed E-state index contributed by atoms with van der Waals surface area (Å²) in [5.41, 5.74) is 0. The predicted octanol–water partition coefficient (Wildman–Crippen LogP) is 3.37. The van der Waals surface area contributed by atoms with Gasteiger partial charge >= 0.3 is 0 Å². The summed E-state index contributed by atoms with van der Waals surface area (Å²) in [4.78, 5) is 0. The first-order valence-electron chi connectivity index (χ1n) is 7.24. The summed E-state index contributed by atoms with van der Waals surface area (Å²) in [5.74, 6) is 3.85. The van der Waals surface area contributed by atoms with Crippen molar-refractivity contribution in [3.05, 3.63) is 12.2 Å². The van der Waals surface area contributed by atoms with Gasteiger partial charge in [-0.05, 0) is 62.8 Å². The number of allylic oxidation sites excluding steroid dienone is 2. The standard InChI is InChI=1S/C15H25N/c1-11(16-8-2-3-12-4-5-12)15-10-13-6-7-14(15)9-13/h6-7,11-16H,2-5,8-10H2,1H3. The van der Waals surface area contributed by atoms with E-state index in [9.17, 15) is 0 Å². The van der Waals surface area contributed by atoms with Gasteiger partial charge in [0.15, 0.2) is 0 Å². The van der Waals surface area contributed by atoms with E-state index in [2.05, 4.69) is 24.4 Å². The molecule has 3 aliphatic rings. The number of hydrogen-bond acceptors (Lipinski definition) is 1. The molecule has 0 amide bonds. The van der Waals surface area contributed by atoms with E-state index in [0.717, 1.165) is 29.7 Å². The maximum Gasteiger partial charge on any atom is 0.00728 e. The van der Waals surface area contributed by atoms with Crippen LogP contribution < -0.4 is 5.32 Å². The Morgan fingerprint density at radius 3 is 2.75 bits per heavy atom. The molecule has 3 aliphatic carbocycles. The van der Waals surface area contributed by atoms with Gasteiger partial charge in [0.05, 0.1) is 0 Å². The maximum absolute atomic E-state index is 3.76. The van der Waals surface area contributed by atoms with Crippen LogP contribution in [0.5, 0.6) is 0 Å². The minimum atomic E-state index is 0.735. The fourth-order valence-corrected chi connectivity index (χ4v) is 3.68. The fourth-order valence-electron chi connectivity index (χ4n) is 3.68. The SMILES string of the molecule is CC(NCCCC1CC1)C1CC2C=CC1C2. The summed E-state index contributed by atoms with van der Waals surface area (Å²) in [5, 5.41) is 3.76. The second-order valence-electron chi connectivity index (χ2n) is 6.27. The molecular formula is C15H25N. The van der Waals surface area contributed by atoms with Crippen molar-refractivity contribution in [3.63, 3.8) is 0 Å². The van der Waals surface area contributed by atoms with Gasteiger partial charge in [-0.2, -0.15) is 0 Å². The Labute approximate surface area is 99.7 Å². The molecule has 1 heteroatoms. The van der Waals surface area contributed by atoms with Gasteiger partial charge < -0.3 is 5.32 Å². The average Bonchev–Trinajstić information content (AvgIpc) is 2.87. The zero-order valence-electron chi connectivity index (χ0n) is 10.5. The smallest absolute Gasteiger partial charge is 0.00728 e. The Hall–Kier alpha value is -0.300. The van der Waals surface area contributed by atoms with Crippen LogP contribution in [0.3, 0.4) is 0 Å². The number of rotatable bonds is 6. The van der Waals surface area contributed by atoms with Crippen LogP contribution >= 0.6 is 0 Å². The van der Waals surface area contributed by atoms with Gasteiger partial charge in [0.1, 0.15) is 0 Å². The lowest BCUT2D eigenvalue weighted by molar-refractivity contribution is 0.325. The van der Waals surface area contributed by atoms with Crippen molar-refractivity contribution in [1.29, 1.82) is 0 Å². The highest BCUT2D eigenvalue weighted by atomic mass is 14.9. The molecule has 2 bridgehead atoms. The van der Waals surface area contributed by atoms with Gasteiger partial charge in [-0.3, -0.25) is 0 Å². The Morgan fingerprint density at radius 1 is 1.25 bits per heavy atom. The summed E-state index contributed by atoms with van der Waals surface area (Å²) in [7, 11) is 0. The lowest BCUT2D eigenvalue weighted by atomic mass is 9.87. The monoisotopic (exact) mass is 219 g/mol. The van der Waals surface area contributed by atoms with E-state index in [1.54, 1.807) is 0 Å². The molecule has 0 heterocycles. The number of fused-ring (bicyclic) bond motifs is 2. The van der Waals surface area contributed by atoms with Crippen LogP contribution in [0.25, 0.3) is 0 Å². The first kappa shape index (κ1) is 10.8. The molecular weight excluding hydrogens is 194 g/mol. The van der Waals surface area contributed by atoms with E-state index < -0.39 is 0 Å². The predicted molar refractivity (Wildman–Crippen MR) is 68.3 cm³/mol. The summed E-state index contributed by atoms with van der Waals surface area (Å²) in [6, 6.07) is 0.735. The third kappa shape index (κ3) is 2.34. The first-order chi connectivity index (χ1) is 7.83. The minimum absolute atomic E-state index is 0.735. The topological polar surface area (TPSA) is 12.0 Å². The molecule has 4 unspecified atom stereocenters. The molecule has 0 saturated heterocycles. The van der Waals surface area contributed by atoms with Crippen LogP contribution in [0.4, 0.5) is 0 Å². The van der Waals surface area contributed by atoms with E-state index in [1.165, 1.54) is 45.1 Å². The van der Waals surface area contributed by atoms with Crippen molar-refractivity contribution in [2.45, 2.75) is 51.5 Å². The van der Waals surface area contributed by atoms with E-state index in [4.69, 9.17) is 0 Å². The molecule has 3 rings (SSSR count). The van der Waals surface area contributed by atoms with Gasteiger partial charge in [0.25, 0.3) is 0 Å². The minimum Gasteiger partial charge on any atom is -0.314 e. The highest BCUT2D eigenvalue weighted by Crippen LogP contribution is 2.44. The third-order valence-corrected chi connectivity index (χ3v) is 4.92. The molecule has 1 N–H and O–H groups in total. The zero-order chi connectivity index (χ0) is 11.0. The van der Waals surface area contributed by atoms with Crippen molar-refractivity contribution in [1.82, 2.24) is 5.32 Å². The average molecular weight is 219 g/mol.